The monoisotopic (exact) mass is 253 g/mol. The Morgan fingerprint density at radius 3 is 2.78 bits per heavy atom. The van der Waals surface area contributed by atoms with Gasteiger partial charge in [-0.1, -0.05) is 19.8 Å². The first-order chi connectivity index (χ1) is 8.63. The van der Waals surface area contributed by atoms with Gasteiger partial charge in [-0.15, -0.1) is 5.10 Å². The minimum absolute atomic E-state index is 0.502. The maximum atomic E-state index is 10.4. The molecule has 0 aliphatic heterocycles. The van der Waals surface area contributed by atoms with Crippen LogP contribution in [0.15, 0.2) is 0 Å². The van der Waals surface area contributed by atoms with Gasteiger partial charge in [-0.2, -0.15) is 0 Å². The van der Waals surface area contributed by atoms with Crippen molar-refractivity contribution in [1.82, 2.24) is 25.1 Å². The predicted molar refractivity (Wildman–Crippen MR) is 67.9 cm³/mol. The van der Waals surface area contributed by atoms with Crippen molar-refractivity contribution in [3.05, 3.63) is 5.82 Å². The van der Waals surface area contributed by atoms with Crippen LogP contribution in [0.4, 0.5) is 0 Å². The second kappa shape index (κ2) is 5.75. The highest BCUT2D eigenvalue weighted by Crippen LogP contribution is 2.30. The molecule has 2 rings (SSSR count). The predicted octanol–water partition coefficient (Wildman–Crippen LogP) is 0.820. The van der Waals surface area contributed by atoms with Crippen LogP contribution in [-0.4, -0.2) is 49.4 Å². The minimum Gasteiger partial charge on any atom is -0.389 e. The molecule has 1 saturated carbocycles. The summed E-state index contributed by atoms with van der Waals surface area (Å²) in [5.41, 5.74) is -0.502. The summed E-state index contributed by atoms with van der Waals surface area (Å²) in [5, 5.41) is 22.1. The van der Waals surface area contributed by atoms with Gasteiger partial charge in [0.1, 0.15) is 0 Å². The maximum Gasteiger partial charge on any atom is 0.165 e. The highest BCUT2D eigenvalue weighted by molar-refractivity contribution is 4.88. The fourth-order valence-electron chi connectivity index (χ4n) is 2.71. The van der Waals surface area contributed by atoms with Crippen molar-refractivity contribution in [1.29, 1.82) is 0 Å². The van der Waals surface area contributed by atoms with Gasteiger partial charge >= 0.3 is 0 Å². The molecule has 1 fully saturated rings. The lowest BCUT2D eigenvalue weighted by molar-refractivity contribution is 0.0136. The zero-order valence-corrected chi connectivity index (χ0v) is 11.3. The molecule has 102 valence electrons. The Kier molecular flexibility index (Phi) is 4.29. The van der Waals surface area contributed by atoms with Crippen molar-refractivity contribution >= 4 is 0 Å². The Morgan fingerprint density at radius 2 is 2.11 bits per heavy atom. The van der Waals surface area contributed by atoms with Gasteiger partial charge in [0, 0.05) is 13.1 Å². The van der Waals surface area contributed by atoms with Crippen LogP contribution < -0.4 is 0 Å². The van der Waals surface area contributed by atoms with Crippen LogP contribution in [0.1, 0.15) is 44.9 Å². The van der Waals surface area contributed by atoms with Crippen LogP contribution in [0, 0.1) is 0 Å². The van der Waals surface area contributed by atoms with Crippen molar-refractivity contribution in [3.8, 4) is 0 Å². The number of rotatable bonds is 6. The van der Waals surface area contributed by atoms with E-state index in [4.69, 9.17) is 0 Å². The molecule has 1 aliphatic carbocycles. The van der Waals surface area contributed by atoms with Gasteiger partial charge in [-0.05, 0) is 36.7 Å². The van der Waals surface area contributed by atoms with E-state index >= 15 is 0 Å². The molecule has 6 heteroatoms. The molecular weight excluding hydrogens is 230 g/mol. The first kappa shape index (κ1) is 13.4. The second-order valence-corrected chi connectivity index (χ2v) is 5.42. The molecule has 18 heavy (non-hydrogen) atoms. The number of tetrazole rings is 1. The van der Waals surface area contributed by atoms with E-state index in [0.29, 0.717) is 13.1 Å². The Hall–Kier alpha value is -1.01. The molecule has 0 radical (unpaired) electrons. The molecule has 1 aliphatic rings. The average molecular weight is 253 g/mol. The van der Waals surface area contributed by atoms with Crippen LogP contribution in [0.25, 0.3) is 0 Å². The van der Waals surface area contributed by atoms with Crippen LogP contribution in [0.2, 0.25) is 0 Å². The number of aryl methyl sites for hydroxylation is 1. The van der Waals surface area contributed by atoms with E-state index in [2.05, 4.69) is 27.3 Å². The normalized spacial score (nSPS) is 18.7. The third-order valence-corrected chi connectivity index (χ3v) is 3.55. The summed E-state index contributed by atoms with van der Waals surface area (Å²) < 4.78 is 1.84. The van der Waals surface area contributed by atoms with Crippen LogP contribution in [-0.2, 0) is 13.1 Å². The Balaban J connectivity index is 1.90. The second-order valence-electron chi connectivity index (χ2n) is 5.42. The molecule has 1 aromatic heterocycles. The fraction of sp³-hybridized carbons (Fsp3) is 0.917. The molecule has 1 aromatic rings. The fourth-order valence-corrected chi connectivity index (χ4v) is 2.71. The Morgan fingerprint density at radius 1 is 1.39 bits per heavy atom. The molecule has 0 saturated heterocycles. The summed E-state index contributed by atoms with van der Waals surface area (Å²) in [5.74, 6) is 0.876. The van der Waals surface area contributed by atoms with Crippen molar-refractivity contribution in [2.45, 2.75) is 57.7 Å². The third-order valence-electron chi connectivity index (χ3n) is 3.55. The van der Waals surface area contributed by atoms with E-state index < -0.39 is 5.60 Å². The number of hydrogen-bond acceptors (Lipinski definition) is 5. The summed E-state index contributed by atoms with van der Waals surface area (Å²) >= 11 is 0. The average Bonchev–Trinajstić information content (AvgIpc) is 2.89. The van der Waals surface area contributed by atoms with Gasteiger partial charge in [0.15, 0.2) is 5.82 Å². The largest absolute Gasteiger partial charge is 0.389 e. The summed E-state index contributed by atoms with van der Waals surface area (Å²) in [4.78, 5) is 2.11. The maximum absolute atomic E-state index is 10.4. The first-order valence-electron chi connectivity index (χ1n) is 6.79. The van der Waals surface area contributed by atoms with E-state index in [1.54, 1.807) is 0 Å². The molecule has 1 heterocycles. The topological polar surface area (TPSA) is 67.1 Å². The van der Waals surface area contributed by atoms with E-state index in [1.807, 2.05) is 11.7 Å². The number of nitrogens with zero attached hydrogens (tertiary/aromatic N) is 5. The standard InChI is InChI=1S/C12H23N5O/c1-3-8-17-11(13-14-15-17)9-16(2)10-12(18)6-4-5-7-12/h18H,3-10H2,1-2H3. The van der Waals surface area contributed by atoms with Crippen molar-refractivity contribution in [2.75, 3.05) is 13.6 Å². The molecule has 0 spiro atoms. The first-order valence-corrected chi connectivity index (χ1v) is 6.79. The summed E-state index contributed by atoms with van der Waals surface area (Å²) in [6.45, 7) is 4.35. The van der Waals surface area contributed by atoms with Crippen molar-refractivity contribution in [3.63, 3.8) is 0 Å². The SMILES string of the molecule is CCCn1nnnc1CN(C)CC1(O)CCCC1. The lowest BCUT2D eigenvalue weighted by Gasteiger charge is -2.28. The highest BCUT2D eigenvalue weighted by atomic mass is 16.3. The van der Waals surface area contributed by atoms with Gasteiger partial charge in [-0.3, -0.25) is 4.90 Å². The summed E-state index contributed by atoms with van der Waals surface area (Å²) in [7, 11) is 2.02. The van der Waals surface area contributed by atoms with Gasteiger partial charge in [0.25, 0.3) is 0 Å². The smallest absolute Gasteiger partial charge is 0.165 e. The Labute approximate surface area is 108 Å². The third kappa shape index (κ3) is 3.26. The van der Waals surface area contributed by atoms with E-state index in [1.165, 1.54) is 0 Å². The van der Waals surface area contributed by atoms with Crippen molar-refractivity contribution < 1.29 is 5.11 Å². The van der Waals surface area contributed by atoms with E-state index in [0.717, 1.165) is 44.5 Å². The molecule has 0 aromatic carbocycles. The van der Waals surface area contributed by atoms with Gasteiger partial charge < -0.3 is 5.11 Å². The molecule has 6 nitrogen and oxygen atoms in total. The quantitative estimate of drug-likeness (QED) is 0.813. The Bertz CT molecular complexity index is 372. The van der Waals surface area contributed by atoms with E-state index in [9.17, 15) is 5.11 Å². The van der Waals surface area contributed by atoms with Crippen molar-refractivity contribution in [2.24, 2.45) is 0 Å². The number of hydrogen-bond donors (Lipinski definition) is 1. The molecule has 0 unspecified atom stereocenters. The molecular formula is C12H23N5O. The number of aromatic nitrogens is 4. The van der Waals surface area contributed by atoms with Gasteiger partial charge in [0.2, 0.25) is 0 Å². The van der Waals surface area contributed by atoms with Gasteiger partial charge in [-0.25, -0.2) is 4.68 Å². The summed E-state index contributed by atoms with van der Waals surface area (Å²) in [6, 6.07) is 0. The molecule has 1 N–H and O–H groups in total. The summed E-state index contributed by atoms with van der Waals surface area (Å²) in [6.07, 6.45) is 5.12. The molecule has 0 atom stereocenters. The van der Waals surface area contributed by atoms with E-state index in [-0.39, 0.29) is 0 Å². The lowest BCUT2D eigenvalue weighted by Crippen LogP contribution is -2.39. The highest BCUT2D eigenvalue weighted by Gasteiger charge is 2.32. The molecule has 0 bridgehead atoms. The van der Waals surface area contributed by atoms with Crippen LogP contribution >= 0.6 is 0 Å². The zero-order valence-electron chi connectivity index (χ0n) is 11.3. The molecule has 0 amide bonds. The number of likely N-dealkylation sites (N-methyl/N-ethyl adjacent to an activating group) is 1. The van der Waals surface area contributed by atoms with Gasteiger partial charge in [0.05, 0.1) is 12.1 Å². The van der Waals surface area contributed by atoms with Crippen LogP contribution in [0.5, 0.6) is 0 Å². The number of aliphatic hydroxyl groups is 1. The lowest BCUT2D eigenvalue weighted by atomic mass is 10.0. The zero-order chi connectivity index (χ0) is 13.0. The van der Waals surface area contributed by atoms with Crippen LogP contribution in [0.3, 0.4) is 0 Å². The minimum atomic E-state index is -0.502.